The number of hydrogen-bond acceptors (Lipinski definition) is 0. The fraction of sp³-hybridized carbons (Fsp3) is 0.529. The lowest BCUT2D eigenvalue weighted by molar-refractivity contribution is 0.360. The van der Waals surface area contributed by atoms with E-state index in [1.807, 2.05) is 0 Å². The van der Waals surface area contributed by atoms with Gasteiger partial charge in [0.25, 0.3) is 0 Å². The SMILES string of the molecule is CC(C)(C)C(=CCc1ccccc1)C(C)(C)C. The van der Waals surface area contributed by atoms with Gasteiger partial charge in [0.1, 0.15) is 0 Å². The van der Waals surface area contributed by atoms with E-state index in [2.05, 4.69) is 78.0 Å². The molecule has 0 heterocycles. The highest BCUT2D eigenvalue weighted by Crippen LogP contribution is 2.39. The Hall–Kier alpha value is -1.04. The average molecular weight is 230 g/mol. The second-order valence-corrected chi connectivity index (χ2v) is 6.81. The molecule has 0 aliphatic carbocycles. The highest BCUT2D eigenvalue weighted by atomic mass is 14.3. The van der Waals surface area contributed by atoms with E-state index in [1.54, 1.807) is 0 Å². The van der Waals surface area contributed by atoms with Crippen LogP contribution in [0.5, 0.6) is 0 Å². The third-order valence-electron chi connectivity index (χ3n) is 3.00. The monoisotopic (exact) mass is 230 g/mol. The Morgan fingerprint density at radius 1 is 0.882 bits per heavy atom. The molecule has 0 atom stereocenters. The fourth-order valence-corrected chi connectivity index (χ4v) is 2.57. The van der Waals surface area contributed by atoms with Crippen molar-refractivity contribution in [3.63, 3.8) is 0 Å². The Balaban J connectivity index is 2.93. The molecular formula is C17H26. The summed E-state index contributed by atoms with van der Waals surface area (Å²) in [7, 11) is 0. The molecule has 1 aromatic rings. The highest BCUT2D eigenvalue weighted by molar-refractivity contribution is 5.24. The summed E-state index contributed by atoms with van der Waals surface area (Å²) in [4.78, 5) is 0. The highest BCUT2D eigenvalue weighted by Gasteiger charge is 2.27. The van der Waals surface area contributed by atoms with Crippen LogP contribution in [-0.4, -0.2) is 0 Å². The molecule has 0 aliphatic rings. The number of rotatable bonds is 2. The molecule has 1 rings (SSSR count). The van der Waals surface area contributed by atoms with Crippen LogP contribution in [0, 0.1) is 10.8 Å². The molecule has 0 unspecified atom stereocenters. The van der Waals surface area contributed by atoms with E-state index in [1.165, 1.54) is 11.1 Å². The Morgan fingerprint density at radius 3 is 1.76 bits per heavy atom. The first-order valence-electron chi connectivity index (χ1n) is 6.46. The van der Waals surface area contributed by atoms with Gasteiger partial charge in [-0.1, -0.05) is 83.5 Å². The minimum Gasteiger partial charge on any atom is -0.0799 e. The predicted octanol–water partition coefficient (Wildman–Crippen LogP) is 5.25. The lowest BCUT2D eigenvalue weighted by Crippen LogP contribution is -2.22. The van der Waals surface area contributed by atoms with Gasteiger partial charge < -0.3 is 0 Å². The maximum Gasteiger partial charge on any atom is -0.00944 e. The van der Waals surface area contributed by atoms with Crippen molar-refractivity contribution in [2.24, 2.45) is 10.8 Å². The van der Waals surface area contributed by atoms with Gasteiger partial charge in [-0.2, -0.15) is 0 Å². The van der Waals surface area contributed by atoms with Crippen molar-refractivity contribution in [1.29, 1.82) is 0 Å². The summed E-state index contributed by atoms with van der Waals surface area (Å²) in [6.07, 6.45) is 3.44. The molecule has 0 heteroatoms. The standard InChI is InChI=1S/C17H26/c1-16(2,3)15(17(4,5)6)13-12-14-10-8-7-9-11-14/h7-11,13H,12H2,1-6H3. The number of allylic oxidation sites excluding steroid dienone is 2. The van der Waals surface area contributed by atoms with Crippen LogP contribution in [0.3, 0.4) is 0 Å². The molecule has 0 aliphatic heterocycles. The number of hydrogen-bond donors (Lipinski definition) is 0. The van der Waals surface area contributed by atoms with Crippen molar-refractivity contribution in [3.8, 4) is 0 Å². The summed E-state index contributed by atoms with van der Waals surface area (Å²) in [5.74, 6) is 0. The normalized spacial score (nSPS) is 12.4. The van der Waals surface area contributed by atoms with Gasteiger partial charge in [0, 0.05) is 0 Å². The molecule has 0 saturated carbocycles. The van der Waals surface area contributed by atoms with Crippen molar-refractivity contribution < 1.29 is 0 Å². The maximum absolute atomic E-state index is 2.41. The summed E-state index contributed by atoms with van der Waals surface area (Å²) in [6, 6.07) is 10.7. The second kappa shape index (κ2) is 5.08. The van der Waals surface area contributed by atoms with E-state index in [9.17, 15) is 0 Å². The maximum atomic E-state index is 2.41. The van der Waals surface area contributed by atoms with E-state index in [-0.39, 0.29) is 10.8 Å². The van der Waals surface area contributed by atoms with Gasteiger partial charge >= 0.3 is 0 Å². The van der Waals surface area contributed by atoms with Gasteiger partial charge in [-0.3, -0.25) is 0 Å². The zero-order chi connectivity index (χ0) is 13.1. The van der Waals surface area contributed by atoms with Crippen LogP contribution in [0.4, 0.5) is 0 Å². The van der Waals surface area contributed by atoms with E-state index in [0.29, 0.717) is 0 Å². The molecule has 17 heavy (non-hydrogen) atoms. The van der Waals surface area contributed by atoms with Crippen molar-refractivity contribution in [2.45, 2.75) is 48.0 Å². The Bertz CT molecular complexity index is 353. The van der Waals surface area contributed by atoms with Crippen LogP contribution in [0.1, 0.15) is 47.1 Å². The van der Waals surface area contributed by atoms with Gasteiger partial charge in [0.2, 0.25) is 0 Å². The van der Waals surface area contributed by atoms with E-state index in [4.69, 9.17) is 0 Å². The zero-order valence-electron chi connectivity index (χ0n) is 12.2. The summed E-state index contributed by atoms with van der Waals surface area (Å²) in [5.41, 5.74) is 3.41. The minimum absolute atomic E-state index is 0.243. The molecule has 0 bridgehead atoms. The molecular weight excluding hydrogens is 204 g/mol. The first-order chi connectivity index (χ1) is 7.71. The van der Waals surface area contributed by atoms with Crippen LogP contribution in [0.2, 0.25) is 0 Å². The summed E-state index contributed by atoms with van der Waals surface area (Å²) < 4.78 is 0. The van der Waals surface area contributed by atoms with E-state index < -0.39 is 0 Å². The lowest BCUT2D eigenvalue weighted by Gasteiger charge is -2.34. The quantitative estimate of drug-likeness (QED) is 0.609. The Kier molecular flexibility index (Phi) is 4.19. The second-order valence-electron chi connectivity index (χ2n) is 6.81. The van der Waals surface area contributed by atoms with Gasteiger partial charge in [-0.05, 0) is 22.8 Å². The molecule has 94 valence electrons. The first kappa shape index (κ1) is 14.0. The minimum atomic E-state index is 0.243. The van der Waals surface area contributed by atoms with Crippen LogP contribution in [0.25, 0.3) is 0 Å². The largest absolute Gasteiger partial charge is 0.0799 e. The molecule has 0 radical (unpaired) electrons. The molecule has 0 spiro atoms. The first-order valence-corrected chi connectivity index (χ1v) is 6.46. The molecule has 0 saturated heterocycles. The van der Waals surface area contributed by atoms with Crippen LogP contribution in [0.15, 0.2) is 42.0 Å². The summed E-state index contributed by atoms with van der Waals surface area (Å²) in [6.45, 7) is 13.8. The van der Waals surface area contributed by atoms with Crippen LogP contribution in [-0.2, 0) is 6.42 Å². The van der Waals surface area contributed by atoms with Crippen molar-refractivity contribution in [2.75, 3.05) is 0 Å². The number of benzene rings is 1. The predicted molar refractivity (Wildman–Crippen MR) is 77.1 cm³/mol. The van der Waals surface area contributed by atoms with Gasteiger partial charge in [-0.15, -0.1) is 0 Å². The Labute approximate surface area is 107 Å². The average Bonchev–Trinajstić information content (AvgIpc) is 2.15. The molecule has 1 aromatic carbocycles. The van der Waals surface area contributed by atoms with Gasteiger partial charge in [0.15, 0.2) is 0 Å². The van der Waals surface area contributed by atoms with Crippen LogP contribution < -0.4 is 0 Å². The molecule has 0 fully saturated rings. The molecule has 0 nitrogen and oxygen atoms in total. The smallest absolute Gasteiger partial charge is 0.00944 e. The van der Waals surface area contributed by atoms with E-state index in [0.717, 1.165) is 6.42 Å². The van der Waals surface area contributed by atoms with Crippen molar-refractivity contribution in [3.05, 3.63) is 47.5 Å². The molecule has 0 N–H and O–H groups in total. The third kappa shape index (κ3) is 4.38. The molecule has 0 aromatic heterocycles. The summed E-state index contributed by atoms with van der Waals surface area (Å²) in [5, 5.41) is 0. The summed E-state index contributed by atoms with van der Waals surface area (Å²) >= 11 is 0. The fourth-order valence-electron chi connectivity index (χ4n) is 2.57. The third-order valence-corrected chi connectivity index (χ3v) is 3.00. The van der Waals surface area contributed by atoms with Gasteiger partial charge in [-0.25, -0.2) is 0 Å². The molecule has 0 amide bonds. The topological polar surface area (TPSA) is 0 Å². The van der Waals surface area contributed by atoms with Crippen LogP contribution >= 0.6 is 0 Å². The zero-order valence-corrected chi connectivity index (χ0v) is 12.2. The van der Waals surface area contributed by atoms with Crippen molar-refractivity contribution in [1.82, 2.24) is 0 Å². The van der Waals surface area contributed by atoms with E-state index >= 15 is 0 Å². The van der Waals surface area contributed by atoms with Crippen molar-refractivity contribution >= 4 is 0 Å². The Morgan fingerprint density at radius 2 is 1.35 bits per heavy atom. The van der Waals surface area contributed by atoms with Gasteiger partial charge in [0.05, 0.1) is 0 Å². The lowest BCUT2D eigenvalue weighted by atomic mass is 9.71.